The quantitative estimate of drug-likeness (QED) is 0.842. The lowest BCUT2D eigenvalue weighted by molar-refractivity contribution is 0.0528. The van der Waals surface area contributed by atoms with Gasteiger partial charge in [-0.15, -0.1) is 5.10 Å². The molecule has 1 saturated heterocycles. The summed E-state index contributed by atoms with van der Waals surface area (Å²) in [5, 5.41) is 14.8. The molecule has 4 heterocycles. The Balaban J connectivity index is 1.71. The van der Waals surface area contributed by atoms with Crippen LogP contribution in [0.1, 0.15) is 30.1 Å². The van der Waals surface area contributed by atoms with E-state index in [-0.39, 0.29) is 0 Å². The number of aryl methyl sites for hydroxylation is 2. The Morgan fingerprint density at radius 3 is 2.65 bits per heavy atom. The van der Waals surface area contributed by atoms with Crippen molar-refractivity contribution in [3.63, 3.8) is 0 Å². The molecule has 2 unspecified atom stereocenters. The third-order valence-corrected chi connectivity index (χ3v) is 5.52. The van der Waals surface area contributed by atoms with Crippen molar-refractivity contribution in [2.75, 3.05) is 26.8 Å². The zero-order valence-electron chi connectivity index (χ0n) is 15.7. The first kappa shape index (κ1) is 17.1. The summed E-state index contributed by atoms with van der Waals surface area (Å²) < 4.78 is 7.40. The van der Waals surface area contributed by atoms with Crippen molar-refractivity contribution in [2.24, 2.45) is 24.0 Å². The molecule has 0 radical (unpaired) electrons. The van der Waals surface area contributed by atoms with Crippen LogP contribution in [0.2, 0.25) is 0 Å². The Labute approximate surface area is 154 Å². The maximum atomic E-state index is 5.60. The van der Waals surface area contributed by atoms with Crippen molar-refractivity contribution >= 4 is 6.21 Å². The van der Waals surface area contributed by atoms with E-state index in [1.807, 2.05) is 32.1 Å². The molecule has 0 bridgehead atoms. The number of rotatable bonds is 4. The van der Waals surface area contributed by atoms with Crippen molar-refractivity contribution in [3.8, 4) is 11.4 Å². The van der Waals surface area contributed by atoms with Crippen LogP contribution in [0.15, 0.2) is 23.3 Å². The highest BCUT2D eigenvalue weighted by atomic mass is 16.5. The topological polar surface area (TPSA) is 68.4 Å². The van der Waals surface area contributed by atoms with E-state index in [1.165, 1.54) is 0 Å². The summed E-state index contributed by atoms with van der Waals surface area (Å²) in [6, 6.07) is 6.31. The van der Waals surface area contributed by atoms with Gasteiger partial charge in [-0.25, -0.2) is 4.68 Å². The van der Waals surface area contributed by atoms with E-state index in [2.05, 4.69) is 33.8 Å². The molecule has 0 aromatic carbocycles. The molecule has 1 fully saturated rings. The standard InChI is InChI=1S/C19H26N6O/c1-13-19(25(3)23-22-13)17-6-4-5-16(21-17)18(14-7-9-26-10-8-14)15-11-20-24(2)12-15/h4-6,11,14-15,18H,7-10,12H2,1-3H3. The highest BCUT2D eigenvalue weighted by molar-refractivity contribution is 5.65. The summed E-state index contributed by atoms with van der Waals surface area (Å²) >= 11 is 0. The van der Waals surface area contributed by atoms with Gasteiger partial charge in [-0.3, -0.25) is 9.99 Å². The molecule has 0 amide bonds. The van der Waals surface area contributed by atoms with E-state index in [1.54, 1.807) is 4.68 Å². The maximum Gasteiger partial charge on any atom is 0.110 e. The van der Waals surface area contributed by atoms with Crippen LogP contribution in [0, 0.1) is 18.8 Å². The molecule has 2 aromatic heterocycles. The van der Waals surface area contributed by atoms with Crippen LogP contribution < -0.4 is 0 Å². The Morgan fingerprint density at radius 2 is 2.00 bits per heavy atom. The monoisotopic (exact) mass is 354 g/mol. The van der Waals surface area contributed by atoms with Gasteiger partial charge in [0.25, 0.3) is 0 Å². The molecule has 0 spiro atoms. The van der Waals surface area contributed by atoms with Gasteiger partial charge < -0.3 is 4.74 Å². The van der Waals surface area contributed by atoms with E-state index >= 15 is 0 Å². The van der Waals surface area contributed by atoms with E-state index in [0.29, 0.717) is 17.8 Å². The summed E-state index contributed by atoms with van der Waals surface area (Å²) in [4.78, 5) is 5.06. The first-order valence-electron chi connectivity index (χ1n) is 9.30. The Morgan fingerprint density at radius 1 is 1.19 bits per heavy atom. The van der Waals surface area contributed by atoms with Gasteiger partial charge in [-0.2, -0.15) is 5.10 Å². The average molecular weight is 354 g/mol. The minimum Gasteiger partial charge on any atom is -0.381 e. The van der Waals surface area contributed by atoms with Crippen molar-refractivity contribution in [3.05, 3.63) is 29.6 Å². The Bertz CT molecular complexity index is 776. The number of ether oxygens (including phenoxy) is 1. The predicted octanol–water partition coefficient (Wildman–Crippen LogP) is 2.24. The molecule has 0 N–H and O–H groups in total. The molecule has 7 heteroatoms. The molecule has 2 atom stereocenters. The predicted molar refractivity (Wildman–Crippen MR) is 99.9 cm³/mol. The van der Waals surface area contributed by atoms with Gasteiger partial charge in [0, 0.05) is 57.6 Å². The second kappa shape index (κ2) is 7.15. The van der Waals surface area contributed by atoms with Crippen LogP contribution in [0.25, 0.3) is 11.4 Å². The lowest BCUT2D eigenvalue weighted by atomic mass is 9.76. The van der Waals surface area contributed by atoms with E-state index in [4.69, 9.17) is 9.72 Å². The fourth-order valence-electron chi connectivity index (χ4n) is 4.27. The maximum absolute atomic E-state index is 5.60. The molecular formula is C19H26N6O. The molecule has 7 nitrogen and oxygen atoms in total. The van der Waals surface area contributed by atoms with E-state index < -0.39 is 0 Å². The molecule has 2 aliphatic heterocycles. The number of nitrogens with zero attached hydrogens (tertiary/aromatic N) is 6. The zero-order valence-corrected chi connectivity index (χ0v) is 15.7. The minimum atomic E-state index is 0.356. The van der Waals surface area contributed by atoms with Crippen LogP contribution in [0.5, 0.6) is 0 Å². The Hall–Kier alpha value is -2.28. The summed E-state index contributed by atoms with van der Waals surface area (Å²) in [7, 11) is 3.95. The molecule has 26 heavy (non-hydrogen) atoms. The number of hydrogen-bond acceptors (Lipinski definition) is 6. The first-order valence-corrected chi connectivity index (χ1v) is 9.30. The minimum absolute atomic E-state index is 0.356. The van der Waals surface area contributed by atoms with Crippen molar-refractivity contribution in [1.29, 1.82) is 0 Å². The third kappa shape index (κ3) is 3.23. The summed E-state index contributed by atoms with van der Waals surface area (Å²) in [5.41, 5.74) is 3.96. The fraction of sp³-hybridized carbons (Fsp3) is 0.579. The molecule has 2 aliphatic rings. The highest BCUT2D eigenvalue weighted by Crippen LogP contribution is 2.38. The zero-order chi connectivity index (χ0) is 18.1. The number of hydrazone groups is 1. The molecule has 2 aromatic rings. The van der Waals surface area contributed by atoms with Crippen LogP contribution in [0.3, 0.4) is 0 Å². The number of aromatic nitrogens is 4. The fourth-order valence-corrected chi connectivity index (χ4v) is 4.27. The first-order chi connectivity index (χ1) is 12.6. The van der Waals surface area contributed by atoms with Gasteiger partial charge in [0.05, 0.1) is 11.4 Å². The third-order valence-electron chi connectivity index (χ3n) is 5.52. The second-order valence-electron chi connectivity index (χ2n) is 7.34. The lowest BCUT2D eigenvalue weighted by Gasteiger charge is -2.33. The second-order valence-corrected chi connectivity index (χ2v) is 7.34. The van der Waals surface area contributed by atoms with E-state index in [9.17, 15) is 0 Å². The number of pyridine rings is 1. The molecule has 138 valence electrons. The average Bonchev–Trinajstić information content (AvgIpc) is 3.22. The van der Waals surface area contributed by atoms with Gasteiger partial charge in [0.2, 0.25) is 0 Å². The molecule has 4 rings (SSSR count). The van der Waals surface area contributed by atoms with Crippen LogP contribution in [0.4, 0.5) is 0 Å². The van der Waals surface area contributed by atoms with Crippen LogP contribution in [-0.2, 0) is 11.8 Å². The normalized spacial score (nSPS) is 22.1. The number of hydrogen-bond donors (Lipinski definition) is 0. The van der Waals surface area contributed by atoms with Crippen LogP contribution >= 0.6 is 0 Å². The lowest BCUT2D eigenvalue weighted by Crippen LogP contribution is -2.30. The van der Waals surface area contributed by atoms with Gasteiger partial charge in [0.15, 0.2) is 0 Å². The molecule has 0 saturated carbocycles. The summed E-state index contributed by atoms with van der Waals surface area (Å²) in [5.74, 6) is 1.31. The summed E-state index contributed by atoms with van der Waals surface area (Å²) in [6.07, 6.45) is 4.26. The molecular weight excluding hydrogens is 328 g/mol. The van der Waals surface area contributed by atoms with Gasteiger partial charge in [-0.1, -0.05) is 11.3 Å². The van der Waals surface area contributed by atoms with Gasteiger partial charge >= 0.3 is 0 Å². The molecule has 0 aliphatic carbocycles. The Kier molecular flexibility index (Phi) is 4.72. The smallest absolute Gasteiger partial charge is 0.110 e. The van der Waals surface area contributed by atoms with Crippen molar-refractivity contribution < 1.29 is 4.74 Å². The van der Waals surface area contributed by atoms with E-state index in [0.717, 1.165) is 55.4 Å². The van der Waals surface area contributed by atoms with Crippen molar-refractivity contribution in [1.82, 2.24) is 25.0 Å². The van der Waals surface area contributed by atoms with Gasteiger partial charge in [0.1, 0.15) is 5.69 Å². The summed E-state index contributed by atoms with van der Waals surface area (Å²) in [6.45, 7) is 4.60. The SMILES string of the molecule is Cc1nnn(C)c1-c1cccc(C(C2C=NN(C)C2)C2CCOCC2)n1. The van der Waals surface area contributed by atoms with Gasteiger partial charge in [-0.05, 0) is 37.8 Å². The van der Waals surface area contributed by atoms with Crippen molar-refractivity contribution in [2.45, 2.75) is 25.7 Å². The van der Waals surface area contributed by atoms with Crippen LogP contribution in [-0.4, -0.2) is 58.0 Å². The largest absolute Gasteiger partial charge is 0.381 e. The highest BCUT2D eigenvalue weighted by Gasteiger charge is 2.35.